The van der Waals surface area contributed by atoms with Gasteiger partial charge in [0.1, 0.15) is 11.3 Å². The van der Waals surface area contributed by atoms with Gasteiger partial charge < -0.3 is 20.4 Å². The molecule has 4 N–H and O–H groups in total. The van der Waals surface area contributed by atoms with Gasteiger partial charge in [0.2, 0.25) is 0 Å². The summed E-state index contributed by atoms with van der Waals surface area (Å²) in [5.74, 6) is -0.374. The van der Waals surface area contributed by atoms with E-state index >= 15 is 0 Å². The third-order valence-corrected chi connectivity index (χ3v) is 1.20. The van der Waals surface area contributed by atoms with Gasteiger partial charge in [-0.1, -0.05) is 12.1 Å². The number of carbonyl (C=O) groups excluding carboxylic acids is 1. The van der Waals surface area contributed by atoms with E-state index in [1.807, 2.05) is 0 Å². The minimum absolute atomic E-state index is 0.0116. The van der Waals surface area contributed by atoms with Crippen LogP contribution in [0.5, 0.6) is 5.75 Å². The van der Waals surface area contributed by atoms with Crippen LogP contribution < -0.4 is 5.73 Å². The molecular formula is C7H8N2O5. The lowest BCUT2D eigenvalue weighted by molar-refractivity contribution is -0.402. The third-order valence-electron chi connectivity index (χ3n) is 1.20. The van der Waals surface area contributed by atoms with Crippen molar-refractivity contribution in [3.05, 3.63) is 45.2 Å². The van der Waals surface area contributed by atoms with Gasteiger partial charge in [0.25, 0.3) is 0 Å². The lowest BCUT2D eigenvalue weighted by atomic mass is 10.2. The van der Waals surface area contributed by atoms with Gasteiger partial charge >= 0.3 is 5.91 Å². The molecule has 0 bridgehead atoms. The summed E-state index contributed by atoms with van der Waals surface area (Å²) < 4.78 is 0. The summed E-state index contributed by atoms with van der Waals surface area (Å²) in [7, 11) is 0. The Morgan fingerprint density at radius 3 is 2.07 bits per heavy atom. The molecule has 7 nitrogen and oxygen atoms in total. The van der Waals surface area contributed by atoms with Crippen LogP contribution in [0.3, 0.4) is 0 Å². The minimum atomic E-state index is -1.75. The lowest BCUT2D eigenvalue weighted by Crippen LogP contribution is -2.56. The molecule has 0 aliphatic carbocycles. The van der Waals surface area contributed by atoms with Crippen molar-refractivity contribution < 1.29 is 20.7 Å². The molecule has 0 saturated heterocycles. The average molecular weight is 200 g/mol. The SMILES string of the molecule is O=[N+]([O-])[O-].[NH3+]C(=O)c1ccccc1O. The highest BCUT2D eigenvalue weighted by molar-refractivity contribution is 5.88. The molecule has 0 saturated carbocycles. The van der Waals surface area contributed by atoms with Crippen LogP contribution in [0.4, 0.5) is 0 Å². The van der Waals surface area contributed by atoms with Gasteiger partial charge in [-0.15, -0.1) is 0 Å². The van der Waals surface area contributed by atoms with E-state index in [4.69, 9.17) is 20.4 Å². The van der Waals surface area contributed by atoms with Crippen molar-refractivity contribution in [3.63, 3.8) is 0 Å². The zero-order chi connectivity index (χ0) is 11.1. The molecule has 1 rings (SSSR count). The Labute approximate surface area is 78.5 Å². The molecule has 14 heavy (non-hydrogen) atoms. The van der Waals surface area contributed by atoms with Crippen molar-refractivity contribution in [1.29, 1.82) is 0 Å². The molecule has 0 aliphatic rings. The molecule has 1 amide bonds. The van der Waals surface area contributed by atoms with Crippen molar-refractivity contribution in [2.45, 2.75) is 0 Å². The highest BCUT2D eigenvalue weighted by atomic mass is 16.9. The van der Waals surface area contributed by atoms with Gasteiger partial charge in [-0.25, -0.2) is 4.79 Å². The monoisotopic (exact) mass is 200 g/mol. The third kappa shape index (κ3) is 4.67. The van der Waals surface area contributed by atoms with Crippen LogP contribution in [-0.2, 0) is 0 Å². The van der Waals surface area contributed by atoms with E-state index in [0.717, 1.165) is 0 Å². The molecule has 0 aliphatic heterocycles. The first-order valence-corrected chi connectivity index (χ1v) is 3.41. The summed E-state index contributed by atoms with van der Waals surface area (Å²) >= 11 is 0. The number of aromatic hydroxyl groups is 1. The molecule has 0 unspecified atom stereocenters. The van der Waals surface area contributed by atoms with Crippen LogP contribution in [0.25, 0.3) is 0 Å². The normalized spacial score (nSPS) is 8.36. The molecule has 0 spiro atoms. The Bertz CT molecular complexity index is 335. The van der Waals surface area contributed by atoms with Gasteiger partial charge in [0.05, 0.1) is 5.09 Å². The first-order valence-electron chi connectivity index (χ1n) is 3.41. The van der Waals surface area contributed by atoms with E-state index in [-0.39, 0.29) is 17.2 Å². The number of amides is 1. The Balaban J connectivity index is 0.000000364. The number of rotatable bonds is 1. The summed E-state index contributed by atoms with van der Waals surface area (Å²) in [5, 5.41) is 23.8. The van der Waals surface area contributed by atoms with Crippen molar-refractivity contribution >= 4 is 5.91 Å². The zero-order valence-electron chi connectivity index (χ0n) is 7.04. The first kappa shape index (κ1) is 11.8. The molecule has 0 radical (unpaired) electrons. The van der Waals surface area contributed by atoms with E-state index in [1.54, 1.807) is 12.1 Å². The van der Waals surface area contributed by atoms with Crippen molar-refractivity contribution in [2.75, 3.05) is 0 Å². The average Bonchev–Trinajstić information content (AvgIpc) is 2.03. The molecular weight excluding hydrogens is 192 g/mol. The largest absolute Gasteiger partial charge is 0.507 e. The Morgan fingerprint density at radius 1 is 1.36 bits per heavy atom. The van der Waals surface area contributed by atoms with Gasteiger partial charge in [-0.05, 0) is 12.1 Å². The highest BCUT2D eigenvalue weighted by Gasteiger charge is 2.07. The molecule has 1 aromatic carbocycles. The second-order valence-electron chi connectivity index (χ2n) is 2.16. The molecule has 7 heteroatoms. The number of carbonyl (C=O) groups is 1. The van der Waals surface area contributed by atoms with E-state index in [9.17, 15) is 4.79 Å². The maximum absolute atomic E-state index is 10.6. The molecule has 0 atom stereocenters. The summed E-state index contributed by atoms with van der Waals surface area (Å²) in [6.07, 6.45) is 0. The number of quaternary nitrogens is 1. The van der Waals surface area contributed by atoms with Crippen molar-refractivity contribution in [1.82, 2.24) is 0 Å². The molecule has 0 aromatic heterocycles. The summed E-state index contributed by atoms with van der Waals surface area (Å²) in [6, 6.07) is 6.32. The van der Waals surface area contributed by atoms with E-state index in [2.05, 4.69) is 5.73 Å². The fourth-order valence-corrected chi connectivity index (χ4v) is 0.709. The van der Waals surface area contributed by atoms with Crippen LogP contribution in [0.2, 0.25) is 0 Å². The van der Waals surface area contributed by atoms with Crippen LogP contribution >= 0.6 is 0 Å². The zero-order valence-corrected chi connectivity index (χ0v) is 7.04. The van der Waals surface area contributed by atoms with Gasteiger partial charge in [-0.2, -0.15) is 0 Å². The van der Waals surface area contributed by atoms with Crippen LogP contribution in [0.1, 0.15) is 10.4 Å². The van der Waals surface area contributed by atoms with Crippen molar-refractivity contribution in [2.24, 2.45) is 0 Å². The Morgan fingerprint density at radius 2 is 1.79 bits per heavy atom. The van der Waals surface area contributed by atoms with Gasteiger partial charge in [0, 0.05) is 0 Å². The fraction of sp³-hybridized carbons (Fsp3) is 0. The Hall–Kier alpha value is -2.15. The van der Waals surface area contributed by atoms with Crippen LogP contribution in [-0.4, -0.2) is 16.1 Å². The number of hydrogen-bond acceptors (Lipinski definition) is 5. The number of nitrogens with zero attached hydrogens (tertiary/aromatic N) is 1. The Kier molecular flexibility index (Phi) is 4.65. The predicted octanol–water partition coefficient (Wildman–Crippen LogP) is -0.465. The predicted molar refractivity (Wildman–Crippen MR) is 45.7 cm³/mol. The second kappa shape index (κ2) is 5.49. The summed E-state index contributed by atoms with van der Waals surface area (Å²) in [5.41, 5.74) is 3.44. The van der Waals surface area contributed by atoms with E-state index < -0.39 is 5.09 Å². The number of phenolic OH excluding ortho intramolecular Hbond substituents is 1. The van der Waals surface area contributed by atoms with Gasteiger partial charge in [-0.3, -0.25) is 5.73 Å². The number of phenols is 1. The molecule has 0 fully saturated rings. The van der Waals surface area contributed by atoms with Crippen LogP contribution in [0, 0.1) is 15.3 Å². The lowest BCUT2D eigenvalue weighted by Gasteiger charge is -1.93. The second-order valence-corrected chi connectivity index (χ2v) is 2.16. The summed E-state index contributed by atoms with van der Waals surface area (Å²) in [4.78, 5) is 18.8. The number of benzene rings is 1. The quantitative estimate of drug-likeness (QED) is 0.467. The van der Waals surface area contributed by atoms with E-state index in [1.165, 1.54) is 12.1 Å². The maximum Gasteiger partial charge on any atom is 0.344 e. The van der Waals surface area contributed by atoms with Gasteiger partial charge in [0.15, 0.2) is 0 Å². The topological polar surface area (TPSA) is 131 Å². The maximum atomic E-state index is 10.6. The van der Waals surface area contributed by atoms with Crippen molar-refractivity contribution in [3.8, 4) is 5.75 Å². The van der Waals surface area contributed by atoms with E-state index in [0.29, 0.717) is 0 Å². The van der Waals surface area contributed by atoms with Crippen LogP contribution in [0.15, 0.2) is 24.3 Å². The minimum Gasteiger partial charge on any atom is -0.507 e. The smallest absolute Gasteiger partial charge is 0.344 e. The summed E-state index contributed by atoms with van der Waals surface area (Å²) in [6.45, 7) is 0. The number of hydrogen-bond donors (Lipinski definition) is 2. The molecule has 1 aromatic rings. The number of para-hydroxylation sites is 1. The fourth-order valence-electron chi connectivity index (χ4n) is 0.709. The highest BCUT2D eigenvalue weighted by Crippen LogP contribution is 2.13. The molecule has 0 heterocycles. The first-order chi connectivity index (χ1) is 6.45. The standard InChI is InChI=1S/C7H7NO2.NO3/c8-7(10)5-3-1-2-4-6(5)9;2-1(3)4/h1-4,9H,(H2,8,10);/q;-1/p+1. The molecule has 76 valence electrons.